The third-order valence-electron chi connectivity index (χ3n) is 2.38. The highest BCUT2D eigenvalue weighted by atomic mass is 32.1. The molecular weight excluding hydrogens is 210 g/mol. The first-order chi connectivity index (χ1) is 7.22. The molecule has 4 heteroatoms. The Balaban J connectivity index is 2.50. The number of nitrogens with zero attached hydrogens (tertiary/aromatic N) is 1. The number of hydrogen-bond acceptors (Lipinski definition) is 3. The monoisotopic (exact) mass is 223 g/mol. The maximum Gasteiger partial charge on any atom is 0.308 e. The number of thiazole rings is 1. The normalized spacial score (nSPS) is 13.2. The predicted molar refractivity (Wildman–Crippen MR) is 62.3 cm³/mol. The zero-order chi connectivity index (χ0) is 10.8. The Morgan fingerprint density at radius 1 is 1.47 bits per heavy atom. The Morgan fingerprint density at radius 2 is 2.20 bits per heavy atom. The largest absolute Gasteiger partial charge is 0.396 e. The van der Waals surface area contributed by atoms with Gasteiger partial charge in [-0.2, -0.15) is 0 Å². The Hall–Kier alpha value is -1.13. The molecule has 3 nitrogen and oxygen atoms in total. The van der Waals surface area contributed by atoms with Crippen molar-refractivity contribution in [3.8, 4) is 0 Å². The van der Waals surface area contributed by atoms with Crippen LogP contribution in [0.5, 0.6) is 0 Å². The number of fused-ring (bicyclic) bond motifs is 1. The summed E-state index contributed by atoms with van der Waals surface area (Å²) in [5.41, 5.74) is 0.966. The molecular formula is C11H13NO2S. The van der Waals surface area contributed by atoms with E-state index in [-0.39, 0.29) is 17.4 Å². The van der Waals surface area contributed by atoms with Gasteiger partial charge in [0.1, 0.15) is 0 Å². The summed E-state index contributed by atoms with van der Waals surface area (Å²) in [6, 6.07) is 7.74. The van der Waals surface area contributed by atoms with E-state index in [1.54, 1.807) is 4.57 Å². The summed E-state index contributed by atoms with van der Waals surface area (Å²) in [6.07, 6.45) is 0. The maximum absolute atomic E-state index is 11.7. The third-order valence-corrected chi connectivity index (χ3v) is 3.34. The number of rotatable bonds is 3. The molecule has 0 bridgehead atoms. The molecule has 0 saturated heterocycles. The molecule has 2 aromatic rings. The highest BCUT2D eigenvalue weighted by Crippen LogP contribution is 2.17. The van der Waals surface area contributed by atoms with Gasteiger partial charge in [-0.1, -0.05) is 30.4 Å². The van der Waals surface area contributed by atoms with Crippen molar-refractivity contribution in [2.24, 2.45) is 5.92 Å². The zero-order valence-corrected chi connectivity index (χ0v) is 9.33. The van der Waals surface area contributed by atoms with E-state index in [0.717, 1.165) is 10.2 Å². The highest BCUT2D eigenvalue weighted by Gasteiger charge is 2.09. The number of aliphatic hydroxyl groups excluding tert-OH is 1. The van der Waals surface area contributed by atoms with Crippen LogP contribution in [0.3, 0.4) is 0 Å². The first kappa shape index (κ1) is 10.4. The van der Waals surface area contributed by atoms with Gasteiger partial charge in [0, 0.05) is 13.2 Å². The van der Waals surface area contributed by atoms with Gasteiger partial charge >= 0.3 is 4.87 Å². The van der Waals surface area contributed by atoms with E-state index in [0.29, 0.717) is 6.54 Å². The third kappa shape index (κ3) is 1.96. The molecule has 0 unspecified atom stereocenters. The van der Waals surface area contributed by atoms with Crippen LogP contribution in [-0.2, 0) is 6.54 Å². The molecule has 0 radical (unpaired) electrons. The first-order valence-electron chi connectivity index (χ1n) is 4.91. The summed E-state index contributed by atoms with van der Waals surface area (Å²) in [4.78, 5) is 11.7. The molecule has 15 heavy (non-hydrogen) atoms. The Kier molecular flexibility index (Phi) is 2.88. The molecule has 2 rings (SSSR count). The van der Waals surface area contributed by atoms with Gasteiger partial charge in [0.05, 0.1) is 10.2 Å². The molecule has 1 heterocycles. The van der Waals surface area contributed by atoms with Crippen LogP contribution < -0.4 is 4.87 Å². The van der Waals surface area contributed by atoms with E-state index < -0.39 is 0 Å². The SMILES string of the molecule is C[C@@H](CO)Cn1c(=O)sc2ccccc21. The number of aromatic nitrogens is 1. The van der Waals surface area contributed by atoms with E-state index in [4.69, 9.17) is 5.11 Å². The minimum atomic E-state index is 0.0523. The summed E-state index contributed by atoms with van der Waals surface area (Å²) < 4.78 is 2.74. The fourth-order valence-electron chi connectivity index (χ4n) is 1.56. The molecule has 0 spiro atoms. The molecule has 0 aliphatic carbocycles. The Labute approximate surface area is 91.6 Å². The highest BCUT2D eigenvalue weighted by molar-refractivity contribution is 7.16. The number of hydrogen-bond donors (Lipinski definition) is 1. The van der Waals surface area contributed by atoms with Gasteiger partial charge in [0.15, 0.2) is 0 Å². The molecule has 1 aromatic carbocycles. The van der Waals surface area contributed by atoms with Crippen LogP contribution in [0.1, 0.15) is 6.92 Å². The van der Waals surface area contributed by atoms with Gasteiger partial charge in [-0.05, 0) is 18.1 Å². The van der Waals surface area contributed by atoms with Crippen molar-refractivity contribution in [3.63, 3.8) is 0 Å². The van der Waals surface area contributed by atoms with E-state index in [1.165, 1.54) is 11.3 Å². The predicted octanol–water partition coefficient (Wildman–Crippen LogP) is 1.69. The molecule has 0 aliphatic rings. The topological polar surface area (TPSA) is 42.2 Å². The lowest BCUT2D eigenvalue weighted by atomic mass is 10.2. The molecule has 1 N–H and O–H groups in total. The molecule has 0 saturated carbocycles. The van der Waals surface area contributed by atoms with Crippen LogP contribution in [-0.4, -0.2) is 16.3 Å². The van der Waals surface area contributed by atoms with Crippen molar-refractivity contribution in [1.29, 1.82) is 0 Å². The molecule has 1 atom stereocenters. The summed E-state index contributed by atoms with van der Waals surface area (Å²) in [7, 11) is 0. The number of para-hydroxylation sites is 1. The van der Waals surface area contributed by atoms with Gasteiger partial charge < -0.3 is 5.11 Å². The minimum absolute atomic E-state index is 0.0523. The number of benzene rings is 1. The average molecular weight is 223 g/mol. The van der Waals surface area contributed by atoms with Gasteiger partial charge in [-0.3, -0.25) is 9.36 Å². The van der Waals surface area contributed by atoms with Crippen LogP contribution in [0.15, 0.2) is 29.1 Å². The van der Waals surface area contributed by atoms with Crippen molar-refractivity contribution < 1.29 is 5.11 Å². The van der Waals surface area contributed by atoms with E-state index in [1.807, 2.05) is 31.2 Å². The van der Waals surface area contributed by atoms with Crippen molar-refractivity contribution >= 4 is 21.6 Å². The molecule has 0 fully saturated rings. The number of aliphatic hydroxyl groups is 1. The lowest BCUT2D eigenvalue weighted by Crippen LogP contribution is -2.19. The summed E-state index contributed by atoms with van der Waals surface area (Å²) in [5, 5.41) is 8.98. The Bertz CT molecular complexity index is 515. The summed E-state index contributed by atoms with van der Waals surface area (Å²) in [5.74, 6) is 0.112. The summed E-state index contributed by atoms with van der Waals surface area (Å²) >= 11 is 1.26. The fraction of sp³-hybridized carbons (Fsp3) is 0.364. The van der Waals surface area contributed by atoms with Crippen molar-refractivity contribution in [2.45, 2.75) is 13.5 Å². The summed E-state index contributed by atoms with van der Waals surface area (Å²) in [6.45, 7) is 2.62. The lowest BCUT2D eigenvalue weighted by Gasteiger charge is -2.08. The van der Waals surface area contributed by atoms with Gasteiger partial charge in [0.25, 0.3) is 0 Å². The lowest BCUT2D eigenvalue weighted by molar-refractivity contribution is 0.223. The van der Waals surface area contributed by atoms with Crippen LogP contribution in [0.4, 0.5) is 0 Å². The van der Waals surface area contributed by atoms with Gasteiger partial charge in [0.2, 0.25) is 0 Å². The molecule has 80 valence electrons. The zero-order valence-electron chi connectivity index (χ0n) is 8.51. The van der Waals surface area contributed by atoms with Crippen LogP contribution in [0.25, 0.3) is 10.2 Å². The first-order valence-corrected chi connectivity index (χ1v) is 5.73. The second-order valence-corrected chi connectivity index (χ2v) is 4.73. The van der Waals surface area contributed by atoms with E-state index in [9.17, 15) is 4.79 Å². The van der Waals surface area contributed by atoms with Crippen molar-refractivity contribution in [2.75, 3.05) is 6.61 Å². The average Bonchev–Trinajstić information content (AvgIpc) is 2.55. The van der Waals surface area contributed by atoms with E-state index in [2.05, 4.69) is 0 Å². The second-order valence-electron chi connectivity index (χ2n) is 3.73. The van der Waals surface area contributed by atoms with Crippen molar-refractivity contribution in [3.05, 3.63) is 33.9 Å². The van der Waals surface area contributed by atoms with Crippen molar-refractivity contribution in [1.82, 2.24) is 4.57 Å². The van der Waals surface area contributed by atoms with Crippen LogP contribution in [0.2, 0.25) is 0 Å². The van der Waals surface area contributed by atoms with Gasteiger partial charge in [-0.15, -0.1) is 0 Å². The molecule has 0 amide bonds. The van der Waals surface area contributed by atoms with E-state index >= 15 is 0 Å². The van der Waals surface area contributed by atoms with Crippen LogP contribution >= 0.6 is 11.3 Å². The smallest absolute Gasteiger partial charge is 0.308 e. The maximum atomic E-state index is 11.7. The van der Waals surface area contributed by atoms with Crippen LogP contribution in [0, 0.1) is 5.92 Å². The fourth-order valence-corrected chi connectivity index (χ4v) is 2.46. The molecule has 1 aromatic heterocycles. The Morgan fingerprint density at radius 3 is 2.93 bits per heavy atom. The quantitative estimate of drug-likeness (QED) is 0.860. The minimum Gasteiger partial charge on any atom is -0.396 e. The van der Waals surface area contributed by atoms with Gasteiger partial charge in [-0.25, -0.2) is 0 Å². The standard InChI is InChI=1S/C11H13NO2S/c1-8(7-13)6-12-9-4-2-3-5-10(9)15-11(12)14/h2-5,8,13H,6-7H2,1H3/t8-/m1/s1. The molecule has 0 aliphatic heterocycles. The second kappa shape index (κ2) is 4.16.